The molecular weight excluding hydrogens is 196 g/mol. The Morgan fingerprint density at radius 1 is 1.00 bits per heavy atom. The van der Waals surface area contributed by atoms with Gasteiger partial charge in [0.25, 0.3) is 0 Å². The van der Waals surface area contributed by atoms with Crippen molar-refractivity contribution in [1.29, 1.82) is 0 Å². The molecule has 0 spiro atoms. The van der Waals surface area contributed by atoms with E-state index in [1.807, 2.05) is 13.8 Å². The van der Waals surface area contributed by atoms with E-state index in [2.05, 4.69) is 32.0 Å². The van der Waals surface area contributed by atoms with Gasteiger partial charge in [-0.2, -0.15) is 0 Å². The van der Waals surface area contributed by atoms with Gasteiger partial charge in [-0.15, -0.1) is 0 Å². The van der Waals surface area contributed by atoms with Crippen molar-refractivity contribution < 1.29 is 5.11 Å². The van der Waals surface area contributed by atoms with Crippen LogP contribution >= 0.6 is 0 Å². The Morgan fingerprint density at radius 3 is 1.75 bits per heavy atom. The van der Waals surface area contributed by atoms with Gasteiger partial charge in [-0.3, -0.25) is 0 Å². The van der Waals surface area contributed by atoms with Crippen LogP contribution in [-0.2, 0) is 18.4 Å². The summed E-state index contributed by atoms with van der Waals surface area (Å²) in [5, 5.41) is 10.3. The first kappa shape index (κ1) is 13.2. The Balaban J connectivity index is 3.23. The molecule has 0 bridgehead atoms. The summed E-state index contributed by atoms with van der Waals surface area (Å²) in [6, 6.07) is 6.41. The molecule has 1 N–H and O–H groups in total. The Labute approximate surface area is 99.5 Å². The maximum Gasteiger partial charge on any atom is 0.0845 e. The summed E-state index contributed by atoms with van der Waals surface area (Å²) in [7, 11) is 0. The second kappa shape index (κ2) is 5.49. The van der Waals surface area contributed by atoms with E-state index < -0.39 is 5.60 Å². The van der Waals surface area contributed by atoms with E-state index in [1.165, 1.54) is 11.1 Å². The standard InChI is InChI=1S/C15H24O/c1-5-8-12-10-7-11-13(9-6-2)14(12)15(3,4)16/h7,10-11,16H,5-6,8-9H2,1-4H3. The van der Waals surface area contributed by atoms with Crippen LogP contribution in [0.2, 0.25) is 0 Å². The van der Waals surface area contributed by atoms with Gasteiger partial charge in [0.05, 0.1) is 5.60 Å². The number of hydrogen-bond acceptors (Lipinski definition) is 1. The van der Waals surface area contributed by atoms with Crippen LogP contribution in [0.25, 0.3) is 0 Å². The molecule has 1 heteroatoms. The van der Waals surface area contributed by atoms with Crippen molar-refractivity contribution in [3.8, 4) is 0 Å². The molecule has 16 heavy (non-hydrogen) atoms. The smallest absolute Gasteiger partial charge is 0.0845 e. The third kappa shape index (κ3) is 3.08. The molecule has 1 nitrogen and oxygen atoms in total. The maximum absolute atomic E-state index is 10.3. The van der Waals surface area contributed by atoms with Crippen molar-refractivity contribution in [2.24, 2.45) is 0 Å². The van der Waals surface area contributed by atoms with E-state index >= 15 is 0 Å². The molecule has 0 aliphatic carbocycles. The highest BCUT2D eigenvalue weighted by Crippen LogP contribution is 2.29. The second-order valence-corrected chi connectivity index (χ2v) is 5.01. The van der Waals surface area contributed by atoms with Crippen LogP contribution in [0.5, 0.6) is 0 Å². The fourth-order valence-corrected chi connectivity index (χ4v) is 2.39. The third-order valence-corrected chi connectivity index (χ3v) is 2.89. The average molecular weight is 220 g/mol. The molecule has 1 rings (SSSR count). The lowest BCUT2D eigenvalue weighted by Crippen LogP contribution is -2.20. The molecule has 0 aliphatic heterocycles. The fourth-order valence-electron chi connectivity index (χ4n) is 2.39. The second-order valence-electron chi connectivity index (χ2n) is 5.01. The molecule has 0 saturated heterocycles. The van der Waals surface area contributed by atoms with Crippen molar-refractivity contribution >= 4 is 0 Å². The van der Waals surface area contributed by atoms with Gasteiger partial charge in [-0.25, -0.2) is 0 Å². The highest BCUT2D eigenvalue weighted by atomic mass is 16.3. The zero-order valence-electron chi connectivity index (χ0n) is 11.0. The van der Waals surface area contributed by atoms with Gasteiger partial charge < -0.3 is 5.11 Å². The van der Waals surface area contributed by atoms with Crippen LogP contribution in [0, 0.1) is 0 Å². The number of aryl methyl sites for hydroxylation is 2. The third-order valence-electron chi connectivity index (χ3n) is 2.89. The van der Waals surface area contributed by atoms with Crippen molar-refractivity contribution in [3.05, 3.63) is 34.9 Å². The molecule has 0 heterocycles. The summed E-state index contributed by atoms with van der Waals surface area (Å²) in [5.74, 6) is 0. The van der Waals surface area contributed by atoms with Crippen LogP contribution in [0.15, 0.2) is 18.2 Å². The van der Waals surface area contributed by atoms with Gasteiger partial charge in [0, 0.05) is 0 Å². The number of aliphatic hydroxyl groups is 1. The molecule has 90 valence electrons. The molecule has 1 aromatic rings. The molecule has 0 saturated carbocycles. The molecule has 0 radical (unpaired) electrons. The lowest BCUT2D eigenvalue weighted by molar-refractivity contribution is 0.0766. The Hall–Kier alpha value is -0.820. The van der Waals surface area contributed by atoms with E-state index in [-0.39, 0.29) is 0 Å². The normalized spacial score (nSPS) is 11.8. The average Bonchev–Trinajstić information content (AvgIpc) is 2.17. The van der Waals surface area contributed by atoms with Gasteiger partial charge in [-0.05, 0) is 43.4 Å². The van der Waals surface area contributed by atoms with Gasteiger partial charge >= 0.3 is 0 Å². The van der Waals surface area contributed by atoms with Crippen molar-refractivity contribution in [2.75, 3.05) is 0 Å². The maximum atomic E-state index is 10.3. The first-order valence-corrected chi connectivity index (χ1v) is 6.34. The van der Waals surface area contributed by atoms with Gasteiger partial charge in [-0.1, -0.05) is 44.9 Å². The number of rotatable bonds is 5. The van der Waals surface area contributed by atoms with Gasteiger partial charge in [0.1, 0.15) is 0 Å². The predicted molar refractivity (Wildman–Crippen MR) is 69.7 cm³/mol. The quantitative estimate of drug-likeness (QED) is 0.800. The van der Waals surface area contributed by atoms with E-state index in [0.717, 1.165) is 31.2 Å². The minimum absolute atomic E-state index is 0.726. The minimum atomic E-state index is -0.726. The van der Waals surface area contributed by atoms with E-state index in [9.17, 15) is 5.11 Å². The lowest BCUT2D eigenvalue weighted by Gasteiger charge is -2.25. The Bertz CT molecular complexity index is 310. The molecular formula is C15H24O. The summed E-state index contributed by atoms with van der Waals surface area (Å²) < 4.78 is 0. The zero-order valence-corrected chi connectivity index (χ0v) is 11.0. The van der Waals surface area contributed by atoms with E-state index in [0.29, 0.717) is 0 Å². The summed E-state index contributed by atoms with van der Waals surface area (Å²) in [5.41, 5.74) is 3.04. The Morgan fingerprint density at radius 2 is 1.44 bits per heavy atom. The SMILES string of the molecule is CCCc1cccc(CCC)c1C(C)(C)O. The van der Waals surface area contributed by atoms with Crippen molar-refractivity contribution in [1.82, 2.24) is 0 Å². The van der Waals surface area contributed by atoms with Crippen LogP contribution in [0.1, 0.15) is 57.2 Å². The zero-order chi connectivity index (χ0) is 12.2. The molecule has 0 amide bonds. The lowest BCUT2D eigenvalue weighted by atomic mass is 9.85. The molecule has 0 aromatic heterocycles. The summed E-state index contributed by atoms with van der Waals surface area (Å²) in [6.45, 7) is 8.14. The number of hydrogen-bond donors (Lipinski definition) is 1. The molecule has 0 fully saturated rings. The molecule has 1 aromatic carbocycles. The first-order valence-electron chi connectivity index (χ1n) is 6.34. The summed E-state index contributed by atoms with van der Waals surface area (Å²) >= 11 is 0. The van der Waals surface area contributed by atoms with Gasteiger partial charge in [0.2, 0.25) is 0 Å². The van der Waals surface area contributed by atoms with Gasteiger partial charge in [0.15, 0.2) is 0 Å². The topological polar surface area (TPSA) is 20.2 Å². The van der Waals surface area contributed by atoms with E-state index in [4.69, 9.17) is 0 Å². The predicted octanol–water partition coefficient (Wildman–Crippen LogP) is 3.82. The Kier molecular flexibility index (Phi) is 4.55. The van der Waals surface area contributed by atoms with Crippen LogP contribution in [0.3, 0.4) is 0 Å². The molecule has 0 atom stereocenters. The highest BCUT2D eigenvalue weighted by Gasteiger charge is 2.22. The monoisotopic (exact) mass is 220 g/mol. The summed E-state index contributed by atoms with van der Waals surface area (Å²) in [4.78, 5) is 0. The van der Waals surface area contributed by atoms with Crippen molar-refractivity contribution in [3.63, 3.8) is 0 Å². The largest absolute Gasteiger partial charge is 0.386 e. The molecule has 0 unspecified atom stereocenters. The highest BCUT2D eigenvalue weighted by molar-refractivity contribution is 5.39. The van der Waals surface area contributed by atoms with Crippen molar-refractivity contribution in [2.45, 2.75) is 59.0 Å². The van der Waals surface area contributed by atoms with Crippen LogP contribution in [-0.4, -0.2) is 5.11 Å². The van der Waals surface area contributed by atoms with Crippen LogP contribution < -0.4 is 0 Å². The minimum Gasteiger partial charge on any atom is -0.386 e. The molecule has 0 aliphatic rings. The first-order chi connectivity index (χ1) is 7.50. The van der Waals surface area contributed by atoms with E-state index in [1.54, 1.807) is 0 Å². The number of benzene rings is 1. The summed E-state index contributed by atoms with van der Waals surface area (Å²) in [6.07, 6.45) is 4.35. The fraction of sp³-hybridized carbons (Fsp3) is 0.600. The van der Waals surface area contributed by atoms with Crippen LogP contribution in [0.4, 0.5) is 0 Å².